The Balaban J connectivity index is 1.93. The highest BCUT2D eigenvalue weighted by Crippen LogP contribution is 2.33. The van der Waals surface area contributed by atoms with Crippen molar-refractivity contribution in [1.82, 2.24) is 4.98 Å². The predicted octanol–water partition coefficient (Wildman–Crippen LogP) is 4.63. The van der Waals surface area contributed by atoms with E-state index in [2.05, 4.69) is 4.98 Å². The normalized spacial score (nSPS) is 10.9. The second-order valence-electron chi connectivity index (χ2n) is 5.79. The number of nitrogens with zero attached hydrogens (tertiary/aromatic N) is 1. The van der Waals surface area contributed by atoms with E-state index in [1.54, 1.807) is 25.1 Å². The van der Waals surface area contributed by atoms with E-state index in [-0.39, 0.29) is 28.2 Å². The Morgan fingerprint density at radius 1 is 1.19 bits per heavy atom. The Morgan fingerprint density at radius 3 is 2.67 bits per heavy atom. The first kappa shape index (κ1) is 17.1. The molecule has 0 aliphatic heterocycles. The molecule has 4 rings (SSSR count). The van der Waals surface area contributed by atoms with Crippen molar-refractivity contribution < 1.29 is 18.4 Å². The molecule has 7 heteroatoms. The number of ether oxygens (including phenoxy) is 1. The number of furan rings is 1. The molecule has 1 aromatic carbocycles. The summed E-state index contributed by atoms with van der Waals surface area (Å²) in [5, 5.41) is 0.616. The summed E-state index contributed by atoms with van der Waals surface area (Å²) in [5.41, 5.74) is 0.792. The lowest BCUT2D eigenvalue weighted by Crippen LogP contribution is -2.16. The zero-order valence-corrected chi connectivity index (χ0v) is 14.8. The largest absolute Gasteiger partial charge is 0.461 e. The zero-order chi connectivity index (χ0) is 19.0. The molecule has 0 amide bonds. The molecule has 0 bridgehead atoms. The molecule has 3 heterocycles. The quantitative estimate of drug-likeness (QED) is 0.481. The summed E-state index contributed by atoms with van der Waals surface area (Å²) in [6.07, 6.45) is 4.34. The van der Waals surface area contributed by atoms with E-state index in [1.807, 2.05) is 0 Å². The van der Waals surface area contributed by atoms with Crippen LogP contribution in [0.1, 0.15) is 15.9 Å². The molecule has 0 fully saturated rings. The minimum Gasteiger partial charge on any atom is -0.461 e. The van der Waals surface area contributed by atoms with Gasteiger partial charge in [0, 0.05) is 17.4 Å². The highest BCUT2D eigenvalue weighted by Gasteiger charge is 2.23. The van der Waals surface area contributed by atoms with Gasteiger partial charge in [0.25, 0.3) is 0 Å². The molecule has 0 saturated carbocycles. The summed E-state index contributed by atoms with van der Waals surface area (Å²) >= 11 is 6.14. The van der Waals surface area contributed by atoms with Gasteiger partial charge in [0.15, 0.2) is 5.76 Å². The molecule has 4 aromatic rings. The number of carbonyl (C=O) groups excluding carboxylic acids is 1. The monoisotopic (exact) mass is 381 g/mol. The van der Waals surface area contributed by atoms with E-state index in [9.17, 15) is 9.59 Å². The first-order chi connectivity index (χ1) is 13.0. The number of rotatable bonds is 3. The second kappa shape index (κ2) is 6.74. The Morgan fingerprint density at radius 2 is 1.96 bits per heavy atom. The average molecular weight is 382 g/mol. The van der Waals surface area contributed by atoms with Gasteiger partial charge >= 0.3 is 5.97 Å². The van der Waals surface area contributed by atoms with Gasteiger partial charge in [0.2, 0.25) is 16.9 Å². The Hall–Kier alpha value is -3.38. The standard InChI is InChI=1S/C20H12ClNO5/c1-11-9-16-13(10-14(11)21)17(23)19(18(26-16)15-3-2-8-25-15)27-20(24)12-4-6-22-7-5-12/h2-10H,1H3. The van der Waals surface area contributed by atoms with Gasteiger partial charge in [-0.25, -0.2) is 4.79 Å². The van der Waals surface area contributed by atoms with Crippen molar-refractivity contribution in [3.8, 4) is 17.3 Å². The summed E-state index contributed by atoms with van der Waals surface area (Å²) in [6.45, 7) is 1.80. The maximum absolute atomic E-state index is 13.0. The Labute approximate surface area is 158 Å². The molecule has 0 N–H and O–H groups in total. The number of hydrogen-bond donors (Lipinski definition) is 0. The third-order valence-corrected chi connectivity index (χ3v) is 4.39. The number of carbonyl (C=O) groups is 1. The molecule has 0 spiro atoms. The zero-order valence-electron chi connectivity index (χ0n) is 14.1. The van der Waals surface area contributed by atoms with Crippen molar-refractivity contribution in [2.45, 2.75) is 6.92 Å². The molecular weight excluding hydrogens is 370 g/mol. The van der Waals surface area contributed by atoms with Crippen molar-refractivity contribution in [2.75, 3.05) is 0 Å². The number of aryl methyl sites for hydroxylation is 1. The minimum absolute atomic E-state index is 0.0293. The Kier molecular flexibility index (Phi) is 4.25. The average Bonchev–Trinajstić information content (AvgIpc) is 3.21. The fourth-order valence-electron chi connectivity index (χ4n) is 2.60. The lowest BCUT2D eigenvalue weighted by Gasteiger charge is -2.10. The van der Waals surface area contributed by atoms with Crippen LogP contribution in [0, 0.1) is 6.92 Å². The van der Waals surface area contributed by atoms with Crippen molar-refractivity contribution in [2.24, 2.45) is 0 Å². The molecular formula is C20H12ClNO5. The lowest BCUT2D eigenvalue weighted by molar-refractivity contribution is 0.0731. The number of halogens is 1. The molecule has 0 saturated heterocycles. The second-order valence-corrected chi connectivity index (χ2v) is 6.20. The van der Waals surface area contributed by atoms with Gasteiger partial charge in [-0.3, -0.25) is 9.78 Å². The molecule has 0 aliphatic carbocycles. The number of hydrogen-bond acceptors (Lipinski definition) is 6. The minimum atomic E-state index is -0.713. The van der Waals surface area contributed by atoms with Crippen LogP contribution in [0.25, 0.3) is 22.5 Å². The van der Waals surface area contributed by atoms with E-state index >= 15 is 0 Å². The summed E-state index contributed by atoms with van der Waals surface area (Å²) < 4.78 is 16.6. The SMILES string of the molecule is Cc1cc2oc(-c3ccco3)c(OC(=O)c3ccncc3)c(=O)c2cc1Cl. The maximum Gasteiger partial charge on any atom is 0.343 e. The number of pyridine rings is 1. The predicted molar refractivity (Wildman–Crippen MR) is 99.1 cm³/mol. The summed E-state index contributed by atoms with van der Waals surface area (Å²) in [6, 6.07) is 9.36. The van der Waals surface area contributed by atoms with Crippen LogP contribution in [0.2, 0.25) is 5.02 Å². The smallest absolute Gasteiger partial charge is 0.343 e. The van der Waals surface area contributed by atoms with Gasteiger partial charge in [-0.05, 0) is 48.9 Å². The highest BCUT2D eigenvalue weighted by atomic mass is 35.5. The number of aromatic nitrogens is 1. The topological polar surface area (TPSA) is 82.5 Å². The van der Waals surface area contributed by atoms with Crippen LogP contribution < -0.4 is 10.2 Å². The van der Waals surface area contributed by atoms with Crippen molar-refractivity contribution >= 4 is 28.5 Å². The van der Waals surface area contributed by atoms with E-state index in [0.717, 1.165) is 5.56 Å². The van der Waals surface area contributed by atoms with Crippen molar-refractivity contribution in [3.05, 3.63) is 81.4 Å². The van der Waals surface area contributed by atoms with Crippen LogP contribution in [0.3, 0.4) is 0 Å². The first-order valence-electron chi connectivity index (χ1n) is 7.97. The molecule has 0 aliphatic rings. The van der Waals surface area contributed by atoms with E-state index < -0.39 is 11.4 Å². The summed E-state index contributed by atoms with van der Waals surface area (Å²) in [4.78, 5) is 29.3. The van der Waals surface area contributed by atoms with Gasteiger partial charge in [-0.2, -0.15) is 0 Å². The van der Waals surface area contributed by atoms with Crippen LogP contribution >= 0.6 is 11.6 Å². The van der Waals surface area contributed by atoms with E-state index in [1.165, 1.54) is 36.9 Å². The number of fused-ring (bicyclic) bond motifs is 1. The maximum atomic E-state index is 13.0. The first-order valence-corrected chi connectivity index (χ1v) is 8.35. The van der Waals surface area contributed by atoms with Crippen LogP contribution in [0.5, 0.6) is 5.75 Å². The highest BCUT2D eigenvalue weighted by molar-refractivity contribution is 6.32. The number of esters is 1. The van der Waals surface area contributed by atoms with Gasteiger partial charge in [0.1, 0.15) is 5.58 Å². The molecule has 0 unspecified atom stereocenters. The molecule has 134 valence electrons. The molecule has 0 radical (unpaired) electrons. The Bertz CT molecular complexity index is 1200. The van der Waals surface area contributed by atoms with Crippen molar-refractivity contribution in [3.63, 3.8) is 0 Å². The van der Waals surface area contributed by atoms with Gasteiger partial charge in [0.05, 0.1) is 17.2 Å². The van der Waals surface area contributed by atoms with Gasteiger partial charge < -0.3 is 13.6 Å². The van der Waals surface area contributed by atoms with Gasteiger partial charge in [-0.1, -0.05) is 11.6 Å². The lowest BCUT2D eigenvalue weighted by atomic mass is 10.1. The molecule has 3 aromatic heterocycles. The molecule has 0 atom stereocenters. The summed E-state index contributed by atoms with van der Waals surface area (Å²) in [5.74, 6) is -0.685. The fourth-order valence-corrected chi connectivity index (χ4v) is 2.76. The third kappa shape index (κ3) is 3.11. The number of benzene rings is 1. The molecule has 27 heavy (non-hydrogen) atoms. The van der Waals surface area contributed by atoms with Crippen LogP contribution in [0.4, 0.5) is 0 Å². The molecule has 6 nitrogen and oxygen atoms in total. The van der Waals surface area contributed by atoms with E-state index in [4.69, 9.17) is 25.2 Å². The van der Waals surface area contributed by atoms with Crippen LogP contribution in [-0.4, -0.2) is 11.0 Å². The summed E-state index contributed by atoms with van der Waals surface area (Å²) in [7, 11) is 0. The van der Waals surface area contributed by atoms with Crippen molar-refractivity contribution in [1.29, 1.82) is 0 Å². The van der Waals surface area contributed by atoms with Crippen LogP contribution in [-0.2, 0) is 0 Å². The van der Waals surface area contributed by atoms with Gasteiger partial charge in [-0.15, -0.1) is 0 Å². The van der Waals surface area contributed by atoms with Crippen LogP contribution in [0.15, 0.2) is 68.7 Å². The van der Waals surface area contributed by atoms with E-state index in [0.29, 0.717) is 10.6 Å². The third-order valence-electron chi connectivity index (χ3n) is 3.99. The fraction of sp³-hybridized carbons (Fsp3) is 0.0500.